The summed E-state index contributed by atoms with van der Waals surface area (Å²) >= 11 is 0. The number of morpholine rings is 1. The highest BCUT2D eigenvalue weighted by molar-refractivity contribution is 5.16. The largest absolute Gasteiger partial charge is 0.378 e. The van der Waals surface area contributed by atoms with Gasteiger partial charge in [0.15, 0.2) is 0 Å². The number of H-pyrrole nitrogens is 1. The van der Waals surface area contributed by atoms with Gasteiger partial charge in [-0.05, 0) is 19.9 Å². The third-order valence-electron chi connectivity index (χ3n) is 3.87. The van der Waals surface area contributed by atoms with Crippen molar-refractivity contribution < 1.29 is 4.74 Å². The summed E-state index contributed by atoms with van der Waals surface area (Å²) in [7, 11) is 0. The molecule has 3 rings (SSSR count). The van der Waals surface area contributed by atoms with Gasteiger partial charge in [0.1, 0.15) is 0 Å². The van der Waals surface area contributed by atoms with Crippen LogP contribution in [0.1, 0.15) is 29.9 Å². The predicted molar refractivity (Wildman–Crippen MR) is 75.2 cm³/mol. The highest BCUT2D eigenvalue weighted by atomic mass is 16.5. The molecule has 3 heterocycles. The first kappa shape index (κ1) is 13.3. The van der Waals surface area contributed by atoms with Gasteiger partial charge in [-0.1, -0.05) is 0 Å². The zero-order chi connectivity index (χ0) is 13.9. The van der Waals surface area contributed by atoms with E-state index in [0.29, 0.717) is 6.61 Å². The number of nitrogens with one attached hydrogen (secondary N) is 1. The second-order valence-corrected chi connectivity index (χ2v) is 5.17. The van der Waals surface area contributed by atoms with Crippen molar-refractivity contribution in [2.75, 3.05) is 19.8 Å². The Morgan fingerprint density at radius 3 is 3.10 bits per heavy atom. The Labute approximate surface area is 118 Å². The third kappa shape index (κ3) is 2.62. The van der Waals surface area contributed by atoms with Gasteiger partial charge in [-0.2, -0.15) is 10.2 Å². The van der Waals surface area contributed by atoms with Crippen LogP contribution in [0.2, 0.25) is 0 Å². The topological polar surface area (TPSA) is 59.0 Å². The summed E-state index contributed by atoms with van der Waals surface area (Å²) in [6.07, 6.45) is 3.94. The average molecular weight is 275 g/mol. The lowest BCUT2D eigenvalue weighted by Gasteiger charge is -2.34. The van der Waals surface area contributed by atoms with Gasteiger partial charge in [0.05, 0.1) is 30.6 Å². The van der Waals surface area contributed by atoms with Crippen molar-refractivity contribution >= 4 is 0 Å². The van der Waals surface area contributed by atoms with E-state index in [-0.39, 0.29) is 6.04 Å². The lowest BCUT2D eigenvalue weighted by atomic mass is 10.1. The molecule has 0 spiro atoms. The van der Waals surface area contributed by atoms with Gasteiger partial charge in [-0.3, -0.25) is 14.7 Å². The Morgan fingerprint density at radius 1 is 1.50 bits per heavy atom. The molecular weight excluding hydrogens is 254 g/mol. The Bertz CT molecular complexity index is 548. The van der Waals surface area contributed by atoms with Gasteiger partial charge in [0.25, 0.3) is 0 Å². The number of ether oxygens (including phenoxy) is 1. The maximum atomic E-state index is 5.62. The van der Waals surface area contributed by atoms with Gasteiger partial charge in [0.2, 0.25) is 0 Å². The molecule has 0 aliphatic carbocycles. The Morgan fingerprint density at radius 2 is 2.40 bits per heavy atom. The molecule has 1 N–H and O–H groups in total. The first-order valence-corrected chi connectivity index (χ1v) is 7.12. The fourth-order valence-electron chi connectivity index (χ4n) is 2.66. The van der Waals surface area contributed by atoms with Crippen molar-refractivity contribution in [2.45, 2.75) is 33.0 Å². The van der Waals surface area contributed by atoms with Gasteiger partial charge >= 0.3 is 0 Å². The van der Waals surface area contributed by atoms with Crippen LogP contribution in [0.4, 0.5) is 0 Å². The lowest BCUT2D eigenvalue weighted by Crippen LogP contribution is -2.39. The number of hydrogen-bond acceptors (Lipinski definition) is 4. The number of aromatic nitrogens is 4. The molecule has 0 unspecified atom stereocenters. The fourth-order valence-corrected chi connectivity index (χ4v) is 2.66. The molecule has 108 valence electrons. The molecule has 0 aromatic carbocycles. The molecule has 1 aliphatic rings. The molecule has 20 heavy (non-hydrogen) atoms. The van der Waals surface area contributed by atoms with E-state index < -0.39 is 0 Å². The minimum atomic E-state index is 0.246. The molecule has 6 heteroatoms. The molecule has 1 saturated heterocycles. The Balaban J connectivity index is 1.78. The first-order chi connectivity index (χ1) is 9.78. The zero-order valence-corrected chi connectivity index (χ0v) is 12.0. The van der Waals surface area contributed by atoms with Gasteiger partial charge < -0.3 is 4.74 Å². The van der Waals surface area contributed by atoms with Gasteiger partial charge in [-0.15, -0.1) is 0 Å². The van der Waals surface area contributed by atoms with Crippen molar-refractivity contribution in [3.63, 3.8) is 0 Å². The average Bonchev–Trinajstić information content (AvgIpc) is 3.10. The SMILES string of the molecule is CCn1cc(CN2CCOC[C@@H]2c2ccn[nH]2)c(C)n1. The molecule has 1 atom stereocenters. The van der Waals surface area contributed by atoms with Crippen LogP contribution >= 0.6 is 0 Å². The van der Waals surface area contributed by atoms with Crippen molar-refractivity contribution in [1.82, 2.24) is 24.9 Å². The number of aryl methyl sites for hydroxylation is 2. The predicted octanol–water partition coefficient (Wildman–Crippen LogP) is 1.51. The minimum absolute atomic E-state index is 0.246. The molecule has 0 saturated carbocycles. The number of rotatable bonds is 4. The molecule has 0 amide bonds. The summed E-state index contributed by atoms with van der Waals surface area (Å²) in [6.45, 7) is 8.42. The number of hydrogen-bond donors (Lipinski definition) is 1. The molecule has 1 fully saturated rings. The van der Waals surface area contributed by atoms with Crippen LogP contribution in [0.25, 0.3) is 0 Å². The second-order valence-electron chi connectivity index (χ2n) is 5.17. The highest BCUT2D eigenvalue weighted by Gasteiger charge is 2.26. The van der Waals surface area contributed by atoms with Crippen molar-refractivity contribution in [3.8, 4) is 0 Å². The van der Waals surface area contributed by atoms with Crippen LogP contribution in [0, 0.1) is 6.92 Å². The molecule has 6 nitrogen and oxygen atoms in total. The summed E-state index contributed by atoms with van der Waals surface area (Å²) in [5, 5.41) is 11.6. The summed E-state index contributed by atoms with van der Waals surface area (Å²) in [5.74, 6) is 0. The maximum absolute atomic E-state index is 5.62. The second kappa shape index (κ2) is 5.76. The summed E-state index contributed by atoms with van der Waals surface area (Å²) < 4.78 is 7.62. The van der Waals surface area contributed by atoms with Crippen LogP contribution < -0.4 is 0 Å². The van der Waals surface area contributed by atoms with E-state index >= 15 is 0 Å². The molecule has 0 radical (unpaired) electrons. The highest BCUT2D eigenvalue weighted by Crippen LogP contribution is 2.24. The van der Waals surface area contributed by atoms with E-state index in [9.17, 15) is 0 Å². The van der Waals surface area contributed by atoms with E-state index in [4.69, 9.17) is 4.74 Å². The number of nitrogens with zero attached hydrogens (tertiary/aromatic N) is 4. The van der Waals surface area contributed by atoms with Gasteiger partial charge in [-0.25, -0.2) is 0 Å². The maximum Gasteiger partial charge on any atom is 0.0755 e. The molecule has 0 bridgehead atoms. The standard InChI is InChI=1S/C14H21N5O/c1-3-19-9-12(11(2)17-19)8-18-6-7-20-10-14(18)13-4-5-15-16-13/h4-5,9,14H,3,6-8,10H2,1-2H3,(H,15,16)/t14-/m1/s1. The summed E-state index contributed by atoms with van der Waals surface area (Å²) in [4.78, 5) is 2.43. The van der Waals surface area contributed by atoms with Crippen LogP contribution in [0.5, 0.6) is 0 Å². The number of aromatic amines is 1. The normalized spacial score (nSPS) is 20.4. The van der Waals surface area contributed by atoms with Gasteiger partial charge in [0, 0.05) is 37.6 Å². The van der Waals surface area contributed by atoms with Crippen LogP contribution in [0.15, 0.2) is 18.5 Å². The molecule has 2 aromatic rings. The third-order valence-corrected chi connectivity index (χ3v) is 3.87. The monoisotopic (exact) mass is 275 g/mol. The van der Waals surface area contributed by atoms with Crippen molar-refractivity contribution in [1.29, 1.82) is 0 Å². The fraction of sp³-hybridized carbons (Fsp3) is 0.571. The zero-order valence-electron chi connectivity index (χ0n) is 12.0. The van der Waals surface area contributed by atoms with Crippen LogP contribution in [0.3, 0.4) is 0 Å². The quantitative estimate of drug-likeness (QED) is 0.919. The lowest BCUT2D eigenvalue weighted by molar-refractivity contribution is -0.0143. The molecular formula is C14H21N5O. The van der Waals surface area contributed by atoms with Crippen LogP contribution in [-0.2, 0) is 17.8 Å². The van der Waals surface area contributed by atoms with E-state index in [2.05, 4.69) is 40.2 Å². The van der Waals surface area contributed by atoms with E-state index in [1.54, 1.807) is 6.20 Å². The van der Waals surface area contributed by atoms with E-state index in [1.807, 2.05) is 10.7 Å². The van der Waals surface area contributed by atoms with E-state index in [1.165, 1.54) is 5.56 Å². The molecule has 1 aliphatic heterocycles. The minimum Gasteiger partial charge on any atom is -0.378 e. The smallest absolute Gasteiger partial charge is 0.0755 e. The Kier molecular flexibility index (Phi) is 3.84. The first-order valence-electron chi connectivity index (χ1n) is 7.12. The van der Waals surface area contributed by atoms with Crippen molar-refractivity contribution in [2.24, 2.45) is 0 Å². The summed E-state index contributed by atoms with van der Waals surface area (Å²) in [5.41, 5.74) is 3.52. The van der Waals surface area contributed by atoms with Crippen LogP contribution in [-0.4, -0.2) is 44.6 Å². The van der Waals surface area contributed by atoms with E-state index in [0.717, 1.165) is 37.6 Å². The molecule has 2 aromatic heterocycles. The Hall–Kier alpha value is -1.66. The van der Waals surface area contributed by atoms with Crippen molar-refractivity contribution in [3.05, 3.63) is 35.4 Å². The summed E-state index contributed by atoms with van der Waals surface area (Å²) in [6, 6.07) is 2.27.